The molecule has 1 atom stereocenters. The number of nitrogens with zero attached hydrogens (tertiary/aromatic N) is 1. The minimum absolute atomic E-state index is 0.0473. The van der Waals surface area contributed by atoms with E-state index in [-0.39, 0.29) is 12.2 Å². The highest BCUT2D eigenvalue weighted by Crippen LogP contribution is 2.16. The monoisotopic (exact) mass is 362 g/mol. The summed E-state index contributed by atoms with van der Waals surface area (Å²) in [6, 6.07) is 3.82. The molecule has 0 saturated carbocycles. The number of hydrogen-bond acceptors (Lipinski definition) is 3. The fourth-order valence-corrected chi connectivity index (χ4v) is 3.08. The van der Waals surface area contributed by atoms with Gasteiger partial charge in [-0.15, -0.1) is 0 Å². The molecule has 1 amide bonds. The lowest BCUT2D eigenvalue weighted by Gasteiger charge is -2.18. The summed E-state index contributed by atoms with van der Waals surface area (Å²) < 4.78 is 5.69. The minimum Gasteiger partial charge on any atom is -0.446 e. The Morgan fingerprint density at radius 1 is 1.00 bits per heavy atom. The predicted octanol–water partition coefficient (Wildman–Crippen LogP) is 6.40. The van der Waals surface area contributed by atoms with Crippen molar-refractivity contribution in [1.29, 1.82) is 0 Å². The van der Waals surface area contributed by atoms with Crippen molar-refractivity contribution in [1.82, 2.24) is 10.3 Å². The van der Waals surface area contributed by atoms with Crippen molar-refractivity contribution in [2.24, 2.45) is 0 Å². The van der Waals surface area contributed by atoms with Gasteiger partial charge in [-0.3, -0.25) is 4.98 Å². The molecular weight excluding hydrogens is 324 g/mol. The number of unbranched alkanes of at least 4 members (excludes halogenated alkanes) is 8. The Hall–Kier alpha value is -1.58. The lowest BCUT2D eigenvalue weighted by atomic mass is 10.0. The van der Waals surface area contributed by atoms with E-state index in [4.69, 9.17) is 4.74 Å². The molecule has 1 heterocycles. The van der Waals surface area contributed by atoms with Crippen molar-refractivity contribution in [3.05, 3.63) is 30.1 Å². The standard InChI is InChI=1S/C22H38N2O2/c1-3-5-7-8-9-10-12-16-21(15-11-6-4-2)26-22(25)24-19-20-14-13-17-23-18-20/h13-14,17-18,21H,3-12,15-16,19H2,1-2H3,(H,24,25). The molecule has 0 aliphatic rings. The van der Waals surface area contributed by atoms with Crippen LogP contribution in [0.3, 0.4) is 0 Å². The molecule has 1 aromatic rings. The normalized spacial score (nSPS) is 11.9. The number of pyridine rings is 1. The van der Waals surface area contributed by atoms with Crippen LogP contribution >= 0.6 is 0 Å². The summed E-state index contributed by atoms with van der Waals surface area (Å²) in [7, 11) is 0. The minimum atomic E-state index is -0.307. The Balaban J connectivity index is 2.26. The molecule has 0 saturated heterocycles. The van der Waals surface area contributed by atoms with Gasteiger partial charge in [0, 0.05) is 18.9 Å². The molecule has 0 aliphatic carbocycles. The number of carbonyl (C=O) groups is 1. The van der Waals surface area contributed by atoms with Gasteiger partial charge in [-0.25, -0.2) is 4.79 Å². The van der Waals surface area contributed by atoms with Crippen LogP contribution in [0.2, 0.25) is 0 Å². The van der Waals surface area contributed by atoms with E-state index in [2.05, 4.69) is 24.1 Å². The Morgan fingerprint density at radius 2 is 1.62 bits per heavy atom. The molecule has 26 heavy (non-hydrogen) atoms. The van der Waals surface area contributed by atoms with E-state index in [0.29, 0.717) is 6.54 Å². The van der Waals surface area contributed by atoms with Crippen LogP contribution < -0.4 is 5.32 Å². The van der Waals surface area contributed by atoms with E-state index in [0.717, 1.165) is 31.2 Å². The van der Waals surface area contributed by atoms with E-state index >= 15 is 0 Å². The Kier molecular flexibility index (Phi) is 13.5. The molecule has 148 valence electrons. The number of carbonyl (C=O) groups excluding carboxylic acids is 1. The zero-order valence-electron chi connectivity index (χ0n) is 16.8. The van der Waals surface area contributed by atoms with Gasteiger partial charge in [-0.1, -0.05) is 71.3 Å². The number of aromatic nitrogens is 1. The van der Waals surface area contributed by atoms with Crippen LogP contribution in [0.15, 0.2) is 24.5 Å². The fraction of sp³-hybridized carbons (Fsp3) is 0.727. The first-order valence-corrected chi connectivity index (χ1v) is 10.6. The van der Waals surface area contributed by atoms with Gasteiger partial charge in [0.2, 0.25) is 0 Å². The number of alkyl carbamates (subject to hydrolysis) is 1. The Morgan fingerprint density at radius 3 is 2.27 bits per heavy atom. The Labute approximate surface area is 160 Å². The average molecular weight is 363 g/mol. The maximum Gasteiger partial charge on any atom is 0.407 e. The van der Waals surface area contributed by atoms with E-state index < -0.39 is 0 Å². The van der Waals surface area contributed by atoms with Crippen LogP contribution in [0.5, 0.6) is 0 Å². The van der Waals surface area contributed by atoms with E-state index in [9.17, 15) is 4.79 Å². The molecule has 1 unspecified atom stereocenters. The third kappa shape index (κ3) is 11.9. The van der Waals surface area contributed by atoms with E-state index in [1.165, 1.54) is 51.4 Å². The molecule has 1 aromatic heterocycles. The summed E-state index contributed by atoms with van der Waals surface area (Å²) in [4.78, 5) is 16.2. The molecule has 0 radical (unpaired) electrons. The van der Waals surface area contributed by atoms with Crippen LogP contribution in [0.25, 0.3) is 0 Å². The molecule has 0 spiro atoms. The molecule has 1 rings (SSSR count). The maximum absolute atomic E-state index is 12.1. The zero-order valence-corrected chi connectivity index (χ0v) is 16.8. The van der Waals surface area contributed by atoms with E-state index in [1.807, 2.05) is 12.1 Å². The quantitative estimate of drug-likeness (QED) is 0.367. The number of nitrogens with one attached hydrogen (secondary N) is 1. The highest BCUT2D eigenvalue weighted by Gasteiger charge is 2.14. The van der Waals surface area contributed by atoms with Crippen LogP contribution in [0.4, 0.5) is 4.79 Å². The zero-order chi connectivity index (χ0) is 18.9. The predicted molar refractivity (Wildman–Crippen MR) is 108 cm³/mol. The van der Waals surface area contributed by atoms with Gasteiger partial charge >= 0.3 is 6.09 Å². The van der Waals surface area contributed by atoms with Gasteiger partial charge in [0.15, 0.2) is 0 Å². The topological polar surface area (TPSA) is 51.2 Å². The number of rotatable bonds is 15. The highest BCUT2D eigenvalue weighted by molar-refractivity contribution is 5.67. The van der Waals surface area contributed by atoms with Crippen molar-refractivity contribution in [2.75, 3.05) is 0 Å². The average Bonchev–Trinajstić information content (AvgIpc) is 2.66. The van der Waals surface area contributed by atoms with Gasteiger partial charge < -0.3 is 10.1 Å². The first-order chi connectivity index (χ1) is 12.8. The van der Waals surface area contributed by atoms with Crippen molar-refractivity contribution >= 4 is 6.09 Å². The molecule has 4 heteroatoms. The molecular formula is C22H38N2O2. The van der Waals surface area contributed by atoms with Crippen LogP contribution in [-0.2, 0) is 11.3 Å². The SMILES string of the molecule is CCCCCCCCCC(CCCCC)OC(=O)NCc1cccnc1. The molecule has 4 nitrogen and oxygen atoms in total. The summed E-state index contributed by atoms with van der Waals surface area (Å²) in [6.07, 6.45) is 17.7. The fourth-order valence-electron chi connectivity index (χ4n) is 3.08. The second-order valence-electron chi connectivity index (χ2n) is 7.15. The van der Waals surface area contributed by atoms with Gasteiger partial charge in [-0.2, -0.15) is 0 Å². The second kappa shape index (κ2) is 15.7. The maximum atomic E-state index is 12.1. The number of amides is 1. The third-order valence-electron chi connectivity index (χ3n) is 4.69. The van der Waals surface area contributed by atoms with Crippen LogP contribution in [-0.4, -0.2) is 17.2 Å². The Bertz CT molecular complexity index is 451. The molecule has 0 aromatic carbocycles. The van der Waals surface area contributed by atoms with Crippen LogP contribution in [0.1, 0.15) is 96.5 Å². The van der Waals surface area contributed by atoms with Crippen molar-refractivity contribution < 1.29 is 9.53 Å². The summed E-state index contributed by atoms with van der Waals surface area (Å²) in [6.45, 7) is 4.91. The van der Waals surface area contributed by atoms with Gasteiger partial charge in [-0.05, 0) is 37.3 Å². The number of ether oxygens (including phenoxy) is 1. The molecule has 0 fully saturated rings. The third-order valence-corrected chi connectivity index (χ3v) is 4.69. The van der Waals surface area contributed by atoms with E-state index in [1.54, 1.807) is 12.4 Å². The smallest absolute Gasteiger partial charge is 0.407 e. The largest absolute Gasteiger partial charge is 0.446 e. The first-order valence-electron chi connectivity index (χ1n) is 10.6. The van der Waals surface area contributed by atoms with Gasteiger partial charge in [0.05, 0.1) is 0 Å². The van der Waals surface area contributed by atoms with Crippen molar-refractivity contribution in [3.63, 3.8) is 0 Å². The molecule has 0 bridgehead atoms. The second-order valence-corrected chi connectivity index (χ2v) is 7.15. The number of hydrogen-bond donors (Lipinski definition) is 1. The van der Waals surface area contributed by atoms with Crippen molar-refractivity contribution in [2.45, 2.75) is 104 Å². The van der Waals surface area contributed by atoms with Gasteiger partial charge in [0.1, 0.15) is 6.10 Å². The summed E-state index contributed by atoms with van der Waals surface area (Å²) >= 11 is 0. The highest BCUT2D eigenvalue weighted by atomic mass is 16.6. The van der Waals surface area contributed by atoms with Crippen LogP contribution in [0, 0.1) is 0 Å². The summed E-state index contributed by atoms with van der Waals surface area (Å²) in [5.74, 6) is 0. The summed E-state index contributed by atoms with van der Waals surface area (Å²) in [5, 5.41) is 2.84. The van der Waals surface area contributed by atoms with Gasteiger partial charge in [0.25, 0.3) is 0 Å². The summed E-state index contributed by atoms with van der Waals surface area (Å²) in [5.41, 5.74) is 0.985. The lowest BCUT2D eigenvalue weighted by molar-refractivity contribution is 0.0838. The molecule has 1 N–H and O–H groups in total. The lowest BCUT2D eigenvalue weighted by Crippen LogP contribution is -2.28. The van der Waals surface area contributed by atoms with Crippen molar-refractivity contribution in [3.8, 4) is 0 Å². The first kappa shape index (κ1) is 22.5. The molecule has 0 aliphatic heterocycles.